The van der Waals surface area contributed by atoms with Crippen LogP contribution in [0.1, 0.15) is 13.0 Å². The Morgan fingerprint density at radius 3 is 2.03 bits per heavy atom. The van der Waals surface area contributed by atoms with Gasteiger partial charge in [-0.15, -0.1) is 13.2 Å². The first-order valence-electron chi connectivity index (χ1n) is 11.7. The number of nitrogens with one attached hydrogen (secondary N) is 1. The van der Waals surface area contributed by atoms with Gasteiger partial charge in [-0.25, -0.2) is 13.1 Å². The number of ether oxygens (including phenoxy) is 1. The number of sulfonamides is 1. The lowest BCUT2D eigenvalue weighted by Crippen LogP contribution is -2.60. The van der Waals surface area contributed by atoms with E-state index in [1.807, 2.05) is 53.1 Å². The van der Waals surface area contributed by atoms with Crippen molar-refractivity contribution in [3.05, 3.63) is 72.8 Å². The van der Waals surface area contributed by atoms with Crippen molar-refractivity contribution >= 4 is 37.7 Å². The molecule has 3 aromatic carbocycles. The lowest BCUT2D eigenvalue weighted by molar-refractivity contribution is -0.274. The summed E-state index contributed by atoms with van der Waals surface area (Å²) >= 11 is 0. The zero-order chi connectivity index (χ0) is 27.2. The third-order valence-corrected chi connectivity index (χ3v) is 8.21. The Balaban J connectivity index is 1.50. The summed E-state index contributed by atoms with van der Waals surface area (Å²) in [6.45, 7) is 1.44. The molecule has 8 nitrogen and oxygen atoms in total. The van der Waals surface area contributed by atoms with Gasteiger partial charge < -0.3 is 19.3 Å². The molecule has 5 rings (SSSR count). The molecule has 2 heterocycles. The summed E-state index contributed by atoms with van der Waals surface area (Å²) in [6.07, 6.45) is -6.14. The van der Waals surface area contributed by atoms with Crippen molar-refractivity contribution in [1.82, 2.24) is 14.2 Å². The van der Waals surface area contributed by atoms with E-state index < -0.39 is 40.3 Å². The topological polar surface area (TPSA) is 101 Å². The number of hydrogen-bond donors (Lipinski definition) is 2. The Labute approximate surface area is 216 Å². The zero-order valence-electron chi connectivity index (χ0n) is 20.1. The number of likely N-dealkylation sites (tertiary alicyclic amines) is 1. The number of amides is 1. The van der Waals surface area contributed by atoms with E-state index in [9.17, 15) is 31.5 Å². The second-order valence-corrected chi connectivity index (χ2v) is 10.8. The number of hydrogen-bond acceptors (Lipinski definition) is 5. The number of aromatic nitrogens is 1. The first-order valence-corrected chi connectivity index (χ1v) is 13.2. The SMILES string of the molecule is CC(=O)N1C[C@H](NS(=O)(=O)c2ccc(OC(F)(F)F)cc2)[C@@H](O)[C@H](n2c3ccccc3c3ccccc32)C1. The highest BCUT2D eigenvalue weighted by Gasteiger charge is 2.41. The van der Waals surface area contributed by atoms with Crippen LogP contribution in [0.3, 0.4) is 0 Å². The molecule has 1 fully saturated rings. The lowest BCUT2D eigenvalue weighted by Gasteiger charge is -2.42. The molecule has 200 valence electrons. The maximum absolute atomic E-state index is 13.1. The summed E-state index contributed by atoms with van der Waals surface area (Å²) in [5.41, 5.74) is 1.65. The van der Waals surface area contributed by atoms with E-state index in [2.05, 4.69) is 9.46 Å². The van der Waals surface area contributed by atoms with Gasteiger partial charge in [0.25, 0.3) is 0 Å². The molecule has 1 saturated heterocycles. The van der Waals surface area contributed by atoms with E-state index in [1.54, 1.807) is 0 Å². The molecule has 12 heteroatoms. The van der Waals surface area contributed by atoms with Crippen LogP contribution in [0.25, 0.3) is 21.8 Å². The molecular formula is C26H24F3N3O5S. The van der Waals surface area contributed by atoms with Crippen LogP contribution in [0, 0.1) is 0 Å². The molecule has 0 saturated carbocycles. The average molecular weight is 548 g/mol. The third kappa shape index (κ3) is 4.94. The second kappa shape index (κ2) is 9.61. The number of piperidine rings is 1. The lowest BCUT2D eigenvalue weighted by atomic mass is 9.97. The fourth-order valence-electron chi connectivity index (χ4n) is 5.02. The van der Waals surface area contributed by atoms with E-state index in [-0.39, 0.29) is 23.9 Å². The highest BCUT2D eigenvalue weighted by Crippen LogP contribution is 2.35. The number of alkyl halides is 3. The number of carbonyl (C=O) groups is 1. The first-order chi connectivity index (χ1) is 17.9. The fraction of sp³-hybridized carbons (Fsp3) is 0.269. The molecule has 0 bridgehead atoms. The molecule has 4 aromatic rings. The maximum atomic E-state index is 13.1. The number of rotatable bonds is 5. The summed E-state index contributed by atoms with van der Waals surface area (Å²) in [5, 5.41) is 13.4. The van der Waals surface area contributed by atoms with Crippen LogP contribution >= 0.6 is 0 Å². The molecule has 2 N–H and O–H groups in total. The monoisotopic (exact) mass is 547 g/mol. The highest BCUT2D eigenvalue weighted by molar-refractivity contribution is 7.89. The summed E-state index contributed by atoms with van der Waals surface area (Å²) < 4.78 is 71.9. The number of aliphatic hydroxyl groups is 1. The molecule has 3 atom stereocenters. The van der Waals surface area contributed by atoms with Crippen LogP contribution in [-0.4, -0.2) is 60.5 Å². The molecule has 1 amide bonds. The van der Waals surface area contributed by atoms with Crippen LogP contribution in [0.15, 0.2) is 77.7 Å². The van der Waals surface area contributed by atoms with Crippen molar-refractivity contribution in [2.45, 2.75) is 36.4 Å². The minimum Gasteiger partial charge on any atom is -0.406 e. The van der Waals surface area contributed by atoms with Crippen LogP contribution in [0.5, 0.6) is 5.75 Å². The molecule has 1 aliphatic heterocycles. The van der Waals surface area contributed by atoms with Crippen molar-refractivity contribution in [3.8, 4) is 5.75 Å². The number of para-hydroxylation sites is 2. The van der Waals surface area contributed by atoms with Gasteiger partial charge >= 0.3 is 6.36 Å². The Bertz CT molecular complexity index is 1550. The summed E-state index contributed by atoms with van der Waals surface area (Å²) in [5.74, 6) is -0.858. The van der Waals surface area contributed by atoms with E-state index in [4.69, 9.17) is 0 Å². The van der Waals surface area contributed by atoms with Crippen molar-refractivity contribution in [2.75, 3.05) is 13.1 Å². The summed E-state index contributed by atoms with van der Waals surface area (Å²) in [6, 6.07) is 17.2. The Hall–Kier alpha value is -3.61. The molecule has 1 aliphatic rings. The molecule has 38 heavy (non-hydrogen) atoms. The molecule has 0 radical (unpaired) electrons. The van der Waals surface area contributed by atoms with Gasteiger partial charge in [0.2, 0.25) is 15.9 Å². The van der Waals surface area contributed by atoms with Gasteiger partial charge in [0.15, 0.2) is 0 Å². The van der Waals surface area contributed by atoms with Gasteiger partial charge in [0, 0.05) is 41.8 Å². The Kier molecular flexibility index (Phi) is 6.58. The third-order valence-electron chi connectivity index (χ3n) is 6.70. The number of carbonyl (C=O) groups excluding carboxylic acids is 1. The zero-order valence-corrected chi connectivity index (χ0v) is 20.9. The number of nitrogens with zero attached hydrogens (tertiary/aromatic N) is 2. The number of fused-ring (bicyclic) bond motifs is 3. The molecule has 0 aliphatic carbocycles. The largest absolute Gasteiger partial charge is 0.573 e. The van der Waals surface area contributed by atoms with Crippen molar-refractivity contribution in [2.24, 2.45) is 0 Å². The van der Waals surface area contributed by atoms with Crippen LogP contribution in [0.4, 0.5) is 13.2 Å². The smallest absolute Gasteiger partial charge is 0.406 e. The van der Waals surface area contributed by atoms with Gasteiger partial charge in [-0.1, -0.05) is 36.4 Å². The van der Waals surface area contributed by atoms with Gasteiger partial charge in [-0.3, -0.25) is 4.79 Å². The quantitative estimate of drug-likeness (QED) is 0.396. The minimum atomic E-state index is -4.91. The number of aliphatic hydroxyl groups excluding tert-OH is 1. The average Bonchev–Trinajstić information content (AvgIpc) is 3.19. The van der Waals surface area contributed by atoms with Gasteiger partial charge in [0.1, 0.15) is 5.75 Å². The van der Waals surface area contributed by atoms with E-state index in [1.165, 1.54) is 11.8 Å². The summed E-state index contributed by atoms with van der Waals surface area (Å²) in [4.78, 5) is 13.6. The van der Waals surface area contributed by atoms with Crippen LogP contribution in [-0.2, 0) is 14.8 Å². The van der Waals surface area contributed by atoms with E-state index in [0.29, 0.717) is 0 Å². The Morgan fingerprint density at radius 1 is 0.947 bits per heavy atom. The maximum Gasteiger partial charge on any atom is 0.573 e. The van der Waals surface area contributed by atoms with E-state index in [0.717, 1.165) is 46.1 Å². The first kappa shape index (κ1) is 26.0. The van der Waals surface area contributed by atoms with Crippen LogP contribution in [0.2, 0.25) is 0 Å². The minimum absolute atomic E-state index is 0.0847. The van der Waals surface area contributed by atoms with Crippen molar-refractivity contribution in [1.29, 1.82) is 0 Å². The molecule has 0 spiro atoms. The number of benzene rings is 3. The van der Waals surface area contributed by atoms with Gasteiger partial charge in [-0.2, -0.15) is 0 Å². The van der Waals surface area contributed by atoms with Crippen molar-refractivity contribution in [3.63, 3.8) is 0 Å². The van der Waals surface area contributed by atoms with Gasteiger partial charge in [-0.05, 0) is 36.4 Å². The standard InChI is InChI=1S/C26H24F3N3O5S/c1-16(33)31-14-21(30-38(35,36)18-12-10-17(11-13-18)37-26(27,28)29)25(34)24(15-31)32-22-8-4-2-6-19(22)20-7-3-5-9-23(20)32/h2-13,21,24-25,30,34H,14-15H2,1H3/t21-,24+,25+/m0/s1. The van der Waals surface area contributed by atoms with Crippen LogP contribution < -0.4 is 9.46 Å². The highest BCUT2D eigenvalue weighted by atomic mass is 32.2. The van der Waals surface area contributed by atoms with Gasteiger partial charge in [0.05, 0.1) is 23.1 Å². The number of halogens is 3. The fourth-order valence-corrected chi connectivity index (χ4v) is 6.26. The second-order valence-electron chi connectivity index (χ2n) is 9.13. The normalized spacial score (nSPS) is 20.7. The van der Waals surface area contributed by atoms with Crippen molar-refractivity contribution < 1.29 is 36.2 Å². The molecular weight excluding hydrogens is 523 g/mol. The molecule has 1 aromatic heterocycles. The summed E-state index contributed by atoms with van der Waals surface area (Å²) in [7, 11) is -4.27. The molecule has 0 unspecified atom stereocenters. The van der Waals surface area contributed by atoms with E-state index >= 15 is 0 Å². The Morgan fingerprint density at radius 2 is 1.50 bits per heavy atom. The predicted octanol–water partition coefficient (Wildman–Crippen LogP) is 3.80. The predicted molar refractivity (Wildman–Crippen MR) is 134 cm³/mol.